The summed E-state index contributed by atoms with van der Waals surface area (Å²) >= 11 is 3.51. The standard InChI is InChI=1S/C17H19BrFN/c1-3-17(14-5-4-6-15(18)11-14)20-12(2)13-7-9-16(19)10-8-13/h4-12,17,20H,3H2,1-2H3/t12-,17?/m1/s1. The van der Waals surface area contributed by atoms with Gasteiger partial charge in [0, 0.05) is 16.6 Å². The second kappa shape index (κ2) is 7.00. The van der Waals surface area contributed by atoms with Crippen LogP contribution in [0.1, 0.15) is 43.5 Å². The summed E-state index contributed by atoms with van der Waals surface area (Å²) in [5, 5.41) is 3.60. The highest BCUT2D eigenvalue weighted by Gasteiger charge is 2.14. The Labute approximate surface area is 128 Å². The van der Waals surface area contributed by atoms with Crippen LogP contribution in [0.5, 0.6) is 0 Å². The highest BCUT2D eigenvalue weighted by atomic mass is 79.9. The van der Waals surface area contributed by atoms with Crippen LogP contribution in [0.2, 0.25) is 0 Å². The molecule has 1 nitrogen and oxygen atoms in total. The minimum atomic E-state index is -0.194. The lowest BCUT2D eigenvalue weighted by atomic mass is 10.0. The van der Waals surface area contributed by atoms with Crippen LogP contribution >= 0.6 is 15.9 Å². The number of hydrogen-bond donors (Lipinski definition) is 1. The van der Waals surface area contributed by atoms with Crippen molar-refractivity contribution in [2.24, 2.45) is 0 Å². The first-order valence-corrected chi connectivity index (χ1v) is 7.66. The van der Waals surface area contributed by atoms with Gasteiger partial charge in [-0.1, -0.05) is 47.1 Å². The van der Waals surface area contributed by atoms with E-state index in [4.69, 9.17) is 0 Å². The fourth-order valence-corrected chi connectivity index (χ4v) is 2.74. The zero-order valence-corrected chi connectivity index (χ0v) is 13.3. The lowest BCUT2D eigenvalue weighted by Crippen LogP contribution is -2.24. The average molecular weight is 336 g/mol. The predicted octanol–water partition coefficient (Wildman–Crippen LogP) is 5.39. The molecule has 0 bridgehead atoms. The first kappa shape index (κ1) is 15.2. The minimum absolute atomic E-state index is 0.180. The zero-order chi connectivity index (χ0) is 14.5. The van der Waals surface area contributed by atoms with E-state index in [1.165, 1.54) is 17.7 Å². The van der Waals surface area contributed by atoms with Crippen LogP contribution in [0.3, 0.4) is 0 Å². The molecule has 2 atom stereocenters. The Morgan fingerprint density at radius 3 is 2.40 bits per heavy atom. The van der Waals surface area contributed by atoms with Gasteiger partial charge >= 0.3 is 0 Å². The molecular weight excluding hydrogens is 317 g/mol. The van der Waals surface area contributed by atoms with Gasteiger partial charge in [-0.3, -0.25) is 0 Å². The van der Waals surface area contributed by atoms with E-state index >= 15 is 0 Å². The monoisotopic (exact) mass is 335 g/mol. The van der Waals surface area contributed by atoms with Gasteiger partial charge in [0.1, 0.15) is 5.82 Å². The SMILES string of the molecule is CCC(N[C@H](C)c1ccc(F)cc1)c1cccc(Br)c1. The summed E-state index contributed by atoms with van der Waals surface area (Å²) in [6.07, 6.45) is 1.00. The van der Waals surface area contributed by atoms with Gasteiger partial charge in [0.25, 0.3) is 0 Å². The van der Waals surface area contributed by atoms with Gasteiger partial charge in [-0.15, -0.1) is 0 Å². The Balaban J connectivity index is 2.11. The quantitative estimate of drug-likeness (QED) is 0.772. The molecule has 1 unspecified atom stereocenters. The van der Waals surface area contributed by atoms with Crippen LogP contribution in [0.15, 0.2) is 53.0 Å². The van der Waals surface area contributed by atoms with Gasteiger partial charge in [-0.25, -0.2) is 4.39 Å². The molecular formula is C17H19BrFN. The van der Waals surface area contributed by atoms with Crippen LogP contribution in [-0.2, 0) is 0 Å². The molecule has 0 aromatic heterocycles. The molecule has 0 spiro atoms. The predicted molar refractivity (Wildman–Crippen MR) is 85.1 cm³/mol. The van der Waals surface area contributed by atoms with Crippen molar-refractivity contribution >= 4 is 15.9 Å². The maximum Gasteiger partial charge on any atom is 0.123 e. The molecule has 0 fully saturated rings. The van der Waals surface area contributed by atoms with Crippen molar-refractivity contribution in [3.63, 3.8) is 0 Å². The smallest absolute Gasteiger partial charge is 0.123 e. The molecule has 2 rings (SSSR count). The van der Waals surface area contributed by atoms with Gasteiger partial charge in [0.05, 0.1) is 0 Å². The summed E-state index contributed by atoms with van der Waals surface area (Å²) < 4.78 is 14.1. The Hall–Kier alpha value is -1.19. The van der Waals surface area contributed by atoms with E-state index in [2.05, 4.69) is 47.2 Å². The van der Waals surface area contributed by atoms with E-state index in [9.17, 15) is 4.39 Å². The lowest BCUT2D eigenvalue weighted by Gasteiger charge is -2.23. The molecule has 0 saturated carbocycles. The summed E-state index contributed by atoms with van der Waals surface area (Å²) in [5.74, 6) is -0.194. The second-order valence-corrected chi connectivity index (χ2v) is 5.87. The van der Waals surface area contributed by atoms with E-state index in [1.807, 2.05) is 24.3 Å². The van der Waals surface area contributed by atoms with Gasteiger partial charge in [-0.2, -0.15) is 0 Å². The molecule has 0 amide bonds. The van der Waals surface area contributed by atoms with Gasteiger partial charge < -0.3 is 5.32 Å². The molecule has 2 aromatic rings. The van der Waals surface area contributed by atoms with Crippen LogP contribution < -0.4 is 5.32 Å². The van der Waals surface area contributed by atoms with Crippen LogP contribution in [0, 0.1) is 5.82 Å². The first-order chi connectivity index (χ1) is 9.60. The number of hydrogen-bond acceptors (Lipinski definition) is 1. The second-order valence-electron chi connectivity index (χ2n) is 4.96. The van der Waals surface area contributed by atoms with Gasteiger partial charge in [0.2, 0.25) is 0 Å². The fourth-order valence-electron chi connectivity index (χ4n) is 2.32. The summed E-state index contributed by atoms with van der Waals surface area (Å²) in [7, 11) is 0. The Morgan fingerprint density at radius 2 is 1.80 bits per heavy atom. The van der Waals surface area contributed by atoms with Gasteiger partial charge in [-0.05, 0) is 48.7 Å². The summed E-state index contributed by atoms with van der Waals surface area (Å²) in [5.41, 5.74) is 2.36. The van der Waals surface area contributed by atoms with Crippen molar-refractivity contribution in [1.29, 1.82) is 0 Å². The highest BCUT2D eigenvalue weighted by molar-refractivity contribution is 9.10. The van der Waals surface area contributed by atoms with E-state index in [0.717, 1.165) is 16.5 Å². The Morgan fingerprint density at radius 1 is 1.10 bits per heavy atom. The molecule has 0 heterocycles. The van der Waals surface area contributed by atoms with Crippen molar-refractivity contribution in [2.45, 2.75) is 32.4 Å². The molecule has 0 aliphatic heterocycles. The molecule has 20 heavy (non-hydrogen) atoms. The average Bonchev–Trinajstić information content (AvgIpc) is 2.45. The largest absolute Gasteiger partial charge is 0.303 e. The number of rotatable bonds is 5. The Bertz CT molecular complexity index is 553. The van der Waals surface area contributed by atoms with E-state index in [1.54, 1.807) is 0 Å². The van der Waals surface area contributed by atoms with Crippen molar-refractivity contribution in [1.82, 2.24) is 5.32 Å². The molecule has 0 saturated heterocycles. The van der Waals surface area contributed by atoms with E-state index in [0.29, 0.717) is 0 Å². The summed E-state index contributed by atoms with van der Waals surface area (Å²) in [6.45, 7) is 4.27. The highest BCUT2D eigenvalue weighted by Crippen LogP contribution is 2.24. The molecule has 3 heteroatoms. The van der Waals surface area contributed by atoms with Crippen molar-refractivity contribution in [2.75, 3.05) is 0 Å². The fraction of sp³-hybridized carbons (Fsp3) is 0.294. The van der Waals surface area contributed by atoms with Crippen molar-refractivity contribution < 1.29 is 4.39 Å². The molecule has 0 aliphatic carbocycles. The molecule has 0 aliphatic rings. The third-order valence-corrected chi connectivity index (χ3v) is 3.97. The normalized spacial score (nSPS) is 14.0. The Kier molecular flexibility index (Phi) is 5.32. The third kappa shape index (κ3) is 3.90. The van der Waals surface area contributed by atoms with Crippen LogP contribution in [-0.4, -0.2) is 0 Å². The molecule has 1 N–H and O–H groups in total. The maximum absolute atomic E-state index is 13.0. The summed E-state index contributed by atoms with van der Waals surface area (Å²) in [6, 6.07) is 15.5. The number of halogens is 2. The summed E-state index contributed by atoms with van der Waals surface area (Å²) in [4.78, 5) is 0. The lowest BCUT2D eigenvalue weighted by molar-refractivity contribution is 0.456. The zero-order valence-electron chi connectivity index (χ0n) is 11.7. The van der Waals surface area contributed by atoms with Crippen molar-refractivity contribution in [3.8, 4) is 0 Å². The van der Waals surface area contributed by atoms with Crippen LogP contribution in [0.4, 0.5) is 4.39 Å². The first-order valence-electron chi connectivity index (χ1n) is 6.87. The molecule has 106 valence electrons. The number of benzene rings is 2. The van der Waals surface area contributed by atoms with Gasteiger partial charge in [0.15, 0.2) is 0 Å². The molecule has 2 aromatic carbocycles. The minimum Gasteiger partial charge on any atom is -0.303 e. The van der Waals surface area contributed by atoms with Crippen LogP contribution in [0.25, 0.3) is 0 Å². The topological polar surface area (TPSA) is 12.0 Å². The van der Waals surface area contributed by atoms with E-state index < -0.39 is 0 Å². The van der Waals surface area contributed by atoms with E-state index in [-0.39, 0.29) is 17.9 Å². The molecule has 0 radical (unpaired) electrons. The number of nitrogens with one attached hydrogen (secondary N) is 1. The van der Waals surface area contributed by atoms with Crippen molar-refractivity contribution in [3.05, 3.63) is 69.9 Å². The third-order valence-electron chi connectivity index (χ3n) is 3.48. The maximum atomic E-state index is 13.0.